The highest BCUT2D eigenvalue weighted by Crippen LogP contribution is 2.37. The van der Waals surface area contributed by atoms with E-state index in [9.17, 15) is 13.2 Å². The maximum absolute atomic E-state index is 13.3. The second kappa shape index (κ2) is 7.28. The molecule has 1 aliphatic rings. The highest BCUT2D eigenvalue weighted by molar-refractivity contribution is 6.30. The molecule has 2 heterocycles. The van der Waals surface area contributed by atoms with Crippen molar-refractivity contribution in [2.24, 2.45) is 0 Å². The van der Waals surface area contributed by atoms with Gasteiger partial charge in [0.05, 0.1) is 11.3 Å². The number of rotatable bonds is 3. The van der Waals surface area contributed by atoms with Crippen molar-refractivity contribution in [1.82, 2.24) is 14.9 Å². The van der Waals surface area contributed by atoms with Crippen molar-refractivity contribution >= 4 is 29.1 Å². The number of benzene rings is 1. The molecular weight excluding hydrogens is 367 g/mol. The number of likely N-dealkylation sites (N-methyl/N-ethyl adjacent to an activating group) is 1. The lowest BCUT2D eigenvalue weighted by Crippen LogP contribution is -2.45. The zero-order valence-corrected chi connectivity index (χ0v) is 15.2. The van der Waals surface area contributed by atoms with Gasteiger partial charge in [0.2, 0.25) is 5.95 Å². The first kappa shape index (κ1) is 18.7. The Hall–Kier alpha value is -2.06. The van der Waals surface area contributed by atoms with Crippen LogP contribution in [0, 0.1) is 6.92 Å². The maximum Gasteiger partial charge on any atom is 0.418 e. The van der Waals surface area contributed by atoms with Gasteiger partial charge in [0.15, 0.2) is 0 Å². The van der Waals surface area contributed by atoms with Gasteiger partial charge >= 0.3 is 6.18 Å². The van der Waals surface area contributed by atoms with E-state index in [-0.39, 0.29) is 10.7 Å². The maximum atomic E-state index is 13.3. The Kier molecular flexibility index (Phi) is 5.24. The summed E-state index contributed by atoms with van der Waals surface area (Å²) in [6.07, 6.45) is -4.52. The van der Waals surface area contributed by atoms with Gasteiger partial charge in [-0.2, -0.15) is 18.2 Å². The molecule has 1 aromatic heterocycles. The average Bonchev–Trinajstić information content (AvgIpc) is 2.56. The second-order valence-corrected chi connectivity index (χ2v) is 6.73. The first-order chi connectivity index (χ1) is 12.2. The highest BCUT2D eigenvalue weighted by atomic mass is 35.5. The van der Waals surface area contributed by atoms with Crippen LogP contribution in [0.15, 0.2) is 24.3 Å². The Morgan fingerprint density at radius 1 is 1.08 bits per heavy atom. The fourth-order valence-electron chi connectivity index (χ4n) is 2.76. The number of hydrogen-bond donors (Lipinski definition) is 1. The van der Waals surface area contributed by atoms with Crippen molar-refractivity contribution in [3.8, 4) is 0 Å². The van der Waals surface area contributed by atoms with Crippen molar-refractivity contribution in [1.29, 1.82) is 0 Å². The number of halogens is 4. The normalized spacial score (nSPS) is 16.0. The van der Waals surface area contributed by atoms with Crippen molar-refractivity contribution in [3.63, 3.8) is 0 Å². The first-order valence-corrected chi connectivity index (χ1v) is 8.53. The molecule has 1 N–H and O–H groups in total. The molecule has 0 aliphatic carbocycles. The monoisotopic (exact) mass is 385 g/mol. The number of hydrogen-bond acceptors (Lipinski definition) is 5. The molecule has 3 rings (SSSR count). The molecule has 0 radical (unpaired) electrons. The average molecular weight is 386 g/mol. The molecule has 9 heteroatoms. The largest absolute Gasteiger partial charge is 0.418 e. The van der Waals surface area contributed by atoms with Crippen LogP contribution in [0.2, 0.25) is 5.02 Å². The van der Waals surface area contributed by atoms with Gasteiger partial charge in [-0.15, -0.1) is 0 Å². The highest BCUT2D eigenvalue weighted by Gasteiger charge is 2.34. The summed E-state index contributed by atoms with van der Waals surface area (Å²) in [7, 11) is 2.04. The van der Waals surface area contributed by atoms with Gasteiger partial charge < -0.3 is 15.1 Å². The lowest BCUT2D eigenvalue weighted by atomic mass is 10.1. The lowest BCUT2D eigenvalue weighted by molar-refractivity contribution is -0.136. The van der Waals surface area contributed by atoms with Crippen molar-refractivity contribution in [3.05, 3.63) is 40.5 Å². The number of anilines is 3. The molecule has 1 fully saturated rings. The third-order valence-corrected chi connectivity index (χ3v) is 4.41. The Morgan fingerprint density at radius 3 is 2.42 bits per heavy atom. The van der Waals surface area contributed by atoms with Gasteiger partial charge in [-0.25, -0.2) is 4.98 Å². The fraction of sp³-hybridized carbons (Fsp3) is 0.412. The zero-order chi connectivity index (χ0) is 18.9. The smallest absolute Gasteiger partial charge is 0.340 e. The molecule has 1 saturated heterocycles. The predicted molar refractivity (Wildman–Crippen MR) is 96.2 cm³/mol. The van der Waals surface area contributed by atoms with E-state index in [1.165, 1.54) is 12.1 Å². The first-order valence-electron chi connectivity index (χ1n) is 8.15. The molecular formula is C17H19ClF3N5. The van der Waals surface area contributed by atoms with Crippen molar-refractivity contribution in [2.75, 3.05) is 43.4 Å². The molecule has 1 aliphatic heterocycles. The minimum absolute atomic E-state index is 0.0277. The quantitative estimate of drug-likeness (QED) is 0.866. The van der Waals surface area contributed by atoms with Crippen LogP contribution in [0.1, 0.15) is 11.3 Å². The number of piperazine rings is 1. The van der Waals surface area contributed by atoms with Gasteiger partial charge in [0.1, 0.15) is 5.82 Å². The molecule has 1 aromatic carbocycles. The molecule has 26 heavy (non-hydrogen) atoms. The Bertz CT molecular complexity index is 788. The van der Waals surface area contributed by atoms with Gasteiger partial charge in [0, 0.05) is 43.0 Å². The summed E-state index contributed by atoms with van der Waals surface area (Å²) in [6, 6.07) is 5.24. The van der Waals surface area contributed by atoms with Gasteiger partial charge in [-0.1, -0.05) is 11.6 Å². The molecule has 0 atom stereocenters. The Morgan fingerprint density at radius 2 is 1.77 bits per heavy atom. The third-order valence-electron chi connectivity index (χ3n) is 4.18. The van der Waals surface area contributed by atoms with Gasteiger partial charge in [-0.3, -0.25) is 0 Å². The minimum atomic E-state index is -4.52. The van der Waals surface area contributed by atoms with Crippen LogP contribution in [0.4, 0.5) is 30.6 Å². The van der Waals surface area contributed by atoms with Crippen LogP contribution < -0.4 is 10.2 Å². The molecule has 0 saturated carbocycles. The van der Waals surface area contributed by atoms with E-state index in [2.05, 4.69) is 20.2 Å². The van der Waals surface area contributed by atoms with Gasteiger partial charge in [-0.05, 0) is 32.2 Å². The van der Waals surface area contributed by atoms with E-state index >= 15 is 0 Å². The van der Waals surface area contributed by atoms with Gasteiger partial charge in [0.25, 0.3) is 0 Å². The fourth-order valence-corrected chi connectivity index (χ4v) is 2.93. The number of nitrogens with one attached hydrogen (secondary N) is 1. The number of aromatic nitrogens is 2. The number of nitrogens with zero attached hydrogens (tertiary/aromatic N) is 4. The summed E-state index contributed by atoms with van der Waals surface area (Å²) in [6.45, 7) is 5.10. The summed E-state index contributed by atoms with van der Waals surface area (Å²) >= 11 is 5.73. The molecule has 140 valence electrons. The standard InChI is InChI=1S/C17H19ClF3N5/c1-11-9-15(24-16(22-11)26-7-5-25(2)6-8-26)23-14-4-3-12(18)10-13(14)17(19,20)21/h3-4,9-10H,5-8H2,1-2H3,(H,22,23,24). The third kappa shape index (κ3) is 4.37. The van der Waals surface area contributed by atoms with E-state index in [1.54, 1.807) is 13.0 Å². The Balaban J connectivity index is 1.89. The summed E-state index contributed by atoms with van der Waals surface area (Å²) in [5, 5.41) is 2.80. The Labute approximate surface area is 154 Å². The van der Waals surface area contributed by atoms with Crippen molar-refractivity contribution in [2.45, 2.75) is 13.1 Å². The SMILES string of the molecule is Cc1cc(Nc2ccc(Cl)cc2C(F)(F)F)nc(N2CCN(C)CC2)n1. The van der Waals surface area contributed by atoms with Crippen LogP contribution in [0.3, 0.4) is 0 Å². The molecule has 0 unspecified atom stereocenters. The van der Waals surface area contributed by atoms with E-state index < -0.39 is 11.7 Å². The van der Waals surface area contributed by atoms with E-state index in [4.69, 9.17) is 11.6 Å². The van der Waals surface area contributed by atoms with E-state index in [1.807, 2.05) is 11.9 Å². The van der Waals surface area contributed by atoms with Crippen LogP contribution in [-0.2, 0) is 6.18 Å². The molecule has 0 amide bonds. The summed E-state index contributed by atoms with van der Waals surface area (Å²) in [4.78, 5) is 13.1. The van der Waals surface area contributed by atoms with Crippen LogP contribution in [-0.4, -0.2) is 48.1 Å². The molecule has 0 spiro atoms. The number of aryl methyl sites for hydroxylation is 1. The van der Waals surface area contributed by atoms with Crippen molar-refractivity contribution < 1.29 is 13.2 Å². The molecule has 2 aromatic rings. The topological polar surface area (TPSA) is 44.3 Å². The lowest BCUT2D eigenvalue weighted by Gasteiger charge is -2.32. The molecule has 5 nitrogen and oxygen atoms in total. The number of alkyl halides is 3. The summed E-state index contributed by atoms with van der Waals surface area (Å²) in [5.41, 5.74) is -0.245. The second-order valence-electron chi connectivity index (χ2n) is 6.30. The molecule has 0 bridgehead atoms. The summed E-state index contributed by atoms with van der Waals surface area (Å²) < 4.78 is 39.8. The van der Waals surface area contributed by atoms with Crippen LogP contribution in [0.25, 0.3) is 0 Å². The minimum Gasteiger partial charge on any atom is -0.340 e. The zero-order valence-electron chi connectivity index (χ0n) is 14.4. The van der Waals surface area contributed by atoms with E-state index in [0.717, 1.165) is 32.2 Å². The van der Waals surface area contributed by atoms with E-state index in [0.29, 0.717) is 17.5 Å². The summed E-state index contributed by atoms with van der Waals surface area (Å²) in [5.74, 6) is 0.836. The predicted octanol–water partition coefficient (Wildman–Crippen LogP) is 3.95. The van der Waals surface area contributed by atoms with Crippen LogP contribution in [0.5, 0.6) is 0 Å². The van der Waals surface area contributed by atoms with Crippen LogP contribution >= 0.6 is 11.6 Å².